The summed E-state index contributed by atoms with van der Waals surface area (Å²) in [5, 5.41) is 3.51. The smallest absolute Gasteiger partial charge is 0.158 e. The molecule has 0 bridgehead atoms. The lowest BCUT2D eigenvalue weighted by molar-refractivity contribution is 0.128. The summed E-state index contributed by atoms with van der Waals surface area (Å²) in [6.07, 6.45) is 6.30. The average Bonchev–Trinajstić information content (AvgIpc) is 2.53. The molecule has 1 fully saturated rings. The standard InChI is InChI=1S/C15H27N5O/c1-3-11-5-7-12(8-6-11)17-13-9-14(20-16)19-15(18-13)10-21-4-2/h9,11-12H,3-8,10,16H2,1-2H3,(H2,17,18,19,20). The Morgan fingerprint density at radius 1 is 1.19 bits per heavy atom. The Morgan fingerprint density at radius 2 is 1.90 bits per heavy atom. The molecule has 0 spiro atoms. The van der Waals surface area contributed by atoms with Crippen molar-refractivity contribution >= 4 is 11.6 Å². The molecule has 1 saturated carbocycles. The third-order valence-electron chi connectivity index (χ3n) is 4.13. The lowest BCUT2D eigenvalue weighted by Crippen LogP contribution is -2.26. The molecule has 1 aliphatic rings. The summed E-state index contributed by atoms with van der Waals surface area (Å²) in [6, 6.07) is 2.34. The van der Waals surface area contributed by atoms with Gasteiger partial charge in [0, 0.05) is 18.7 Å². The van der Waals surface area contributed by atoms with Gasteiger partial charge in [0.25, 0.3) is 0 Å². The van der Waals surface area contributed by atoms with Crippen LogP contribution in [0.15, 0.2) is 6.07 Å². The minimum Gasteiger partial charge on any atom is -0.374 e. The molecule has 0 saturated heterocycles. The summed E-state index contributed by atoms with van der Waals surface area (Å²) in [5.41, 5.74) is 2.59. The maximum Gasteiger partial charge on any atom is 0.158 e. The number of anilines is 2. The zero-order valence-corrected chi connectivity index (χ0v) is 13.1. The Morgan fingerprint density at radius 3 is 2.52 bits per heavy atom. The van der Waals surface area contributed by atoms with Crippen LogP contribution in [0, 0.1) is 5.92 Å². The highest BCUT2D eigenvalue weighted by molar-refractivity contribution is 5.47. The number of hydrogen-bond acceptors (Lipinski definition) is 6. The normalized spacial score (nSPS) is 22.0. The van der Waals surface area contributed by atoms with Crippen molar-refractivity contribution in [2.24, 2.45) is 11.8 Å². The molecule has 4 N–H and O–H groups in total. The van der Waals surface area contributed by atoms with Crippen LogP contribution in [-0.2, 0) is 11.3 Å². The molecular formula is C15H27N5O. The van der Waals surface area contributed by atoms with Gasteiger partial charge in [0.1, 0.15) is 18.2 Å². The van der Waals surface area contributed by atoms with Gasteiger partial charge in [-0.15, -0.1) is 0 Å². The number of ether oxygens (including phenoxy) is 1. The summed E-state index contributed by atoms with van der Waals surface area (Å²) < 4.78 is 5.37. The molecule has 21 heavy (non-hydrogen) atoms. The van der Waals surface area contributed by atoms with Crippen molar-refractivity contribution in [1.29, 1.82) is 0 Å². The largest absolute Gasteiger partial charge is 0.374 e. The molecule has 1 heterocycles. The van der Waals surface area contributed by atoms with Crippen LogP contribution < -0.4 is 16.6 Å². The molecule has 0 radical (unpaired) electrons. The molecule has 1 aromatic heterocycles. The summed E-state index contributed by atoms with van der Waals surface area (Å²) >= 11 is 0. The predicted octanol–water partition coefficient (Wildman–Crippen LogP) is 2.68. The zero-order chi connectivity index (χ0) is 15.1. The van der Waals surface area contributed by atoms with Gasteiger partial charge in [0.2, 0.25) is 0 Å². The Bertz CT molecular complexity index is 432. The molecule has 0 amide bonds. The minimum absolute atomic E-state index is 0.406. The van der Waals surface area contributed by atoms with Crippen LogP contribution in [0.4, 0.5) is 11.6 Å². The van der Waals surface area contributed by atoms with E-state index in [0.29, 0.717) is 30.9 Å². The van der Waals surface area contributed by atoms with Gasteiger partial charge in [0.15, 0.2) is 5.82 Å². The molecule has 118 valence electrons. The van der Waals surface area contributed by atoms with Crippen molar-refractivity contribution < 1.29 is 4.74 Å². The molecule has 0 unspecified atom stereocenters. The second kappa shape index (κ2) is 8.14. The van der Waals surface area contributed by atoms with Gasteiger partial charge in [-0.1, -0.05) is 13.3 Å². The van der Waals surface area contributed by atoms with Crippen molar-refractivity contribution in [3.8, 4) is 0 Å². The van der Waals surface area contributed by atoms with E-state index in [0.717, 1.165) is 11.7 Å². The fraction of sp³-hybridized carbons (Fsp3) is 0.733. The molecule has 1 aromatic rings. The Balaban J connectivity index is 1.98. The molecule has 2 rings (SSSR count). The third-order valence-corrected chi connectivity index (χ3v) is 4.13. The minimum atomic E-state index is 0.406. The molecular weight excluding hydrogens is 266 g/mol. The molecule has 6 nitrogen and oxygen atoms in total. The highest BCUT2D eigenvalue weighted by atomic mass is 16.5. The number of nitrogens with one attached hydrogen (secondary N) is 2. The van der Waals surface area contributed by atoms with Crippen molar-refractivity contribution in [3.63, 3.8) is 0 Å². The van der Waals surface area contributed by atoms with E-state index in [1.54, 1.807) is 0 Å². The van der Waals surface area contributed by atoms with E-state index in [-0.39, 0.29) is 0 Å². The van der Waals surface area contributed by atoms with Gasteiger partial charge >= 0.3 is 0 Å². The lowest BCUT2D eigenvalue weighted by atomic mass is 9.84. The first-order valence-corrected chi connectivity index (χ1v) is 7.94. The molecule has 1 aliphatic carbocycles. The topological polar surface area (TPSA) is 85.1 Å². The lowest BCUT2D eigenvalue weighted by Gasteiger charge is -2.28. The Hall–Kier alpha value is -1.40. The van der Waals surface area contributed by atoms with Gasteiger partial charge in [-0.05, 0) is 38.5 Å². The van der Waals surface area contributed by atoms with E-state index in [4.69, 9.17) is 10.6 Å². The fourth-order valence-corrected chi connectivity index (χ4v) is 2.83. The van der Waals surface area contributed by atoms with E-state index in [2.05, 4.69) is 27.6 Å². The van der Waals surface area contributed by atoms with Crippen molar-refractivity contribution in [1.82, 2.24) is 9.97 Å². The van der Waals surface area contributed by atoms with Gasteiger partial charge in [-0.3, -0.25) is 0 Å². The van der Waals surface area contributed by atoms with Crippen molar-refractivity contribution in [2.75, 3.05) is 17.3 Å². The summed E-state index contributed by atoms with van der Waals surface area (Å²) in [6.45, 7) is 5.29. The first kappa shape index (κ1) is 16.0. The first-order chi connectivity index (χ1) is 10.2. The summed E-state index contributed by atoms with van der Waals surface area (Å²) in [7, 11) is 0. The fourth-order valence-electron chi connectivity index (χ4n) is 2.83. The summed E-state index contributed by atoms with van der Waals surface area (Å²) in [5.74, 6) is 8.46. The van der Waals surface area contributed by atoms with Gasteiger partial charge in [-0.25, -0.2) is 15.8 Å². The Labute approximate surface area is 126 Å². The molecule has 0 atom stereocenters. The predicted molar refractivity (Wildman–Crippen MR) is 84.8 cm³/mol. The number of nitrogens with two attached hydrogens (primary N) is 1. The van der Waals surface area contributed by atoms with Crippen LogP contribution in [-0.4, -0.2) is 22.6 Å². The number of hydrogen-bond donors (Lipinski definition) is 3. The van der Waals surface area contributed by atoms with Gasteiger partial charge in [-0.2, -0.15) is 0 Å². The maximum absolute atomic E-state index is 5.48. The SMILES string of the molecule is CCOCc1nc(NN)cc(NC2CCC(CC)CC2)n1. The quantitative estimate of drug-likeness (QED) is 0.529. The van der Waals surface area contributed by atoms with E-state index >= 15 is 0 Å². The van der Waals surface area contributed by atoms with E-state index < -0.39 is 0 Å². The van der Waals surface area contributed by atoms with Crippen molar-refractivity contribution in [2.45, 2.75) is 58.6 Å². The van der Waals surface area contributed by atoms with Gasteiger partial charge < -0.3 is 15.5 Å². The summed E-state index contributed by atoms with van der Waals surface area (Å²) in [4.78, 5) is 8.80. The van der Waals surface area contributed by atoms with E-state index in [1.807, 2.05) is 13.0 Å². The average molecular weight is 293 g/mol. The molecule has 0 aliphatic heterocycles. The number of nitrogen functional groups attached to an aromatic ring is 1. The van der Waals surface area contributed by atoms with E-state index in [1.165, 1.54) is 32.1 Å². The number of nitrogens with zero attached hydrogens (tertiary/aromatic N) is 2. The van der Waals surface area contributed by atoms with Gasteiger partial charge in [0.05, 0.1) is 0 Å². The van der Waals surface area contributed by atoms with Crippen LogP contribution in [0.2, 0.25) is 0 Å². The monoisotopic (exact) mass is 293 g/mol. The van der Waals surface area contributed by atoms with Crippen LogP contribution >= 0.6 is 0 Å². The van der Waals surface area contributed by atoms with E-state index in [9.17, 15) is 0 Å². The first-order valence-electron chi connectivity index (χ1n) is 7.94. The Kier molecular flexibility index (Phi) is 6.20. The van der Waals surface area contributed by atoms with Crippen molar-refractivity contribution in [3.05, 3.63) is 11.9 Å². The van der Waals surface area contributed by atoms with Crippen LogP contribution in [0.5, 0.6) is 0 Å². The second-order valence-electron chi connectivity index (χ2n) is 5.61. The maximum atomic E-state index is 5.48. The number of hydrazine groups is 1. The zero-order valence-electron chi connectivity index (χ0n) is 13.1. The van der Waals surface area contributed by atoms with Crippen LogP contribution in [0.25, 0.3) is 0 Å². The van der Waals surface area contributed by atoms with Crippen LogP contribution in [0.1, 0.15) is 51.8 Å². The number of rotatable bonds is 7. The molecule has 0 aromatic carbocycles. The van der Waals surface area contributed by atoms with Crippen LogP contribution in [0.3, 0.4) is 0 Å². The molecule has 6 heteroatoms. The second-order valence-corrected chi connectivity index (χ2v) is 5.61. The number of aromatic nitrogens is 2. The third kappa shape index (κ3) is 4.82. The highest BCUT2D eigenvalue weighted by Gasteiger charge is 2.20. The highest BCUT2D eigenvalue weighted by Crippen LogP contribution is 2.28.